The van der Waals surface area contributed by atoms with Gasteiger partial charge in [-0.2, -0.15) is 0 Å². The third-order valence-corrected chi connectivity index (χ3v) is 3.99. The molecule has 3 aromatic heterocycles. The van der Waals surface area contributed by atoms with Crippen LogP contribution in [0, 0.1) is 0 Å². The number of rotatable bonds is 3. The van der Waals surface area contributed by atoms with E-state index in [9.17, 15) is 4.79 Å². The molecule has 0 fully saturated rings. The maximum atomic E-state index is 12.1. The van der Waals surface area contributed by atoms with Crippen molar-refractivity contribution < 1.29 is 9.21 Å². The van der Waals surface area contributed by atoms with Crippen LogP contribution in [0.5, 0.6) is 0 Å². The number of carbonyl (C=O) groups excluding carboxylic acids is 1. The molecule has 0 saturated heterocycles. The molecule has 0 atom stereocenters. The zero-order valence-electron chi connectivity index (χ0n) is 10.0. The monoisotopic (exact) mass is 339 g/mol. The van der Waals surface area contributed by atoms with Crippen molar-refractivity contribution in [3.63, 3.8) is 0 Å². The van der Waals surface area contributed by atoms with Gasteiger partial charge in [-0.3, -0.25) is 4.79 Å². The number of halogens is 1. The van der Waals surface area contributed by atoms with Gasteiger partial charge in [-0.25, -0.2) is 4.98 Å². The molecule has 0 aliphatic carbocycles. The summed E-state index contributed by atoms with van der Waals surface area (Å²) in [5.74, 6) is -0.139. The molecule has 98 valence electrons. The number of carbonyl (C=O) groups is 1. The standard InChI is InChI=1S/C12H10BrN3O2S/c1-16-7-5-10(13)18-9(7)4-8(16)12(17)15-6-11-14-2-3-19-11/h2-5H,6H2,1H3,(H,15,17). The summed E-state index contributed by atoms with van der Waals surface area (Å²) in [5.41, 5.74) is 2.14. The Morgan fingerprint density at radius 2 is 2.42 bits per heavy atom. The first-order chi connectivity index (χ1) is 9.15. The molecule has 19 heavy (non-hydrogen) atoms. The van der Waals surface area contributed by atoms with Gasteiger partial charge < -0.3 is 14.3 Å². The molecule has 0 spiro atoms. The largest absolute Gasteiger partial charge is 0.448 e. The first-order valence-corrected chi connectivity index (χ1v) is 7.24. The summed E-state index contributed by atoms with van der Waals surface area (Å²) in [4.78, 5) is 16.2. The number of nitrogens with zero attached hydrogens (tertiary/aromatic N) is 2. The minimum absolute atomic E-state index is 0.139. The molecule has 7 heteroatoms. The maximum absolute atomic E-state index is 12.1. The van der Waals surface area contributed by atoms with E-state index >= 15 is 0 Å². The van der Waals surface area contributed by atoms with Crippen LogP contribution in [0.3, 0.4) is 0 Å². The Hall–Kier alpha value is -1.60. The molecule has 0 radical (unpaired) electrons. The molecule has 0 unspecified atom stereocenters. The average molecular weight is 340 g/mol. The highest BCUT2D eigenvalue weighted by molar-refractivity contribution is 9.10. The summed E-state index contributed by atoms with van der Waals surface area (Å²) < 4.78 is 7.90. The quantitative estimate of drug-likeness (QED) is 0.798. The number of aromatic nitrogens is 2. The molecule has 0 aromatic carbocycles. The molecule has 0 aliphatic heterocycles. The third-order valence-electron chi connectivity index (χ3n) is 2.82. The predicted molar refractivity (Wildman–Crippen MR) is 76.2 cm³/mol. The summed E-state index contributed by atoms with van der Waals surface area (Å²) in [6, 6.07) is 3.57. The van der Waals surface area contributed by atoms with Crippen molar-refractivity contribution in [3.05, 3.63) is 39.1 Å². The lowest BCUT2D eigenvalue weighted by atomic mass is 10.4. The second-order valence-corrected chi connectivity index (χ2v) is 5.76. The van der Waals surface area contributed by atoms with E-state index in [2.05, 4.69) is 26.2 Å². The highest BCUT2D eigenvalue weighted by Gasteiger charge is 2.16. The first-order valence-electron chi connectivity index (χ1n) is 5.56. The van der Waals surface area contributed by atoms with Crippen molar-refractivity contribution in [2.45, 2.75) is 6.54 Å². The highest BCUT2D eigenvalue weighted by atomic mass is 79.9. The Kier molecular flexibility index (Phi) is 3.16. The van der Waals surface area contributed by atoms with E-state index in [1.54, 1.807) is 16.8 Å². The Morgan fingerprint density at radius 1 is 1.58 bits per heavy atom. The minimum atomic E-state index is -0.139. The smallest absolute Gasteiger partial charge is 0.268 e. The summed E-state index contributed by atoms with van der Waals surface area (Å²) >= 11 is 4.78. The topological polar surface area (TPSA) is 60.1 Å². The normalized spacial score (nSPS) is 11.1. The lowest BCUT2D eigenvalue weighted by Crippen LogP contribution is -2.24. The van der Waals surface area contributed by atoms with Crippen LogP contribution in [0.4, 0.5) is 0 Å². The van der Waals surface area contributed by atoms with E-state index < -0.39 is 0 Å². The van der Waals surface area contributed by atoms with Crippen LogP contribution in [0.15, 0.2) is 32.8 Å². The fourth-order valence-corrected chi connectivity index (χ4v) is 2.83. The molecular formula is C12H10BrN3O2S. The molecule has 1 N–H and O–H groups in total. The van der Waals surface area contributed by atoms with Gasteiger partial charge in [0.2, 0.25) is 0 Å². The molecular weight excluding hydrogens is 330 g/mol. The van der Waals surface area contributed by atoms with Crippen molar-refractivity contribution >= 4 is 44.3 Å². The number of amides is 1. The predicted octanol–water partition coefficient (Wildman–Crippen LogP) is 2.92. The second-order valence-electron chi connectivity index (χ2n) is 4.00. The van der Waals surface area contributed by atoms with Crippen molar-refractivity contribution in [1.82, 2.24) is 14.9 Å². The van der Waals surface area contributed by atoms with Gasteiger partial charge in [-0.1, -0.05) is 0 Å². The van der Waals surface area contributed by atoms with Crippen LogP contribution >= 0.6 is 27.3 Å². The SMILES string of the molecule is Cn1c(C(=O)NCc2nccs2)cc2oc(Br)cc21. The van der Waals surface area contributed by atoms with E-state index in [4.69, 9.17) is 4.42 Å². The molecule has 3 rings (SSSR count). The molecule has 5 nitrogen and oxygen atoms in total. The molecule has 1 amide bonds. The zero-order valence-corrected chi connectivity index (χ0v) is 12.4. The Labute approximate surface area is 121 Å². The fraction of sp³-hybridized carbons (Fsp3) is 0.167. The molecule has 0 aliphatic rings. The number of furan rings is 1. The number of hydrogen-bond donors (Lipinski definition) is 1. The Balaban J connectivity index is 1.81. The average Bonchev–Trinajstić information content (AvgIpc) is 3.06. The van der Waals surface area contributed by atoms with E-state index in [1.165, 1.54) is 11.3 Å². The fourth-order valence-electron chi connectivity index (χ4n) is 1.89. The van der Waals surface area contributed by atoms with Gasteiger partial charge in [0, 0.05) is 30.8 Å². The van der Waals surface area contributed by atoms with E-state index in [-0.39, 0.29) is 5.91 Å². The molecule has 0 bridgehead atoms. The number of hydrogen-bond acceptors (Lipinski definition) is 4. The highest BCUT2D eigenvalue weighted by Crippen LogP contribution is 2.26. The van der Waals surface area contributed by atoms with E-state index in [0.29, 0.717) is 22.5 Å². The van der Waals surface area contributed by atoms with Gasteiger partial charge in [0.05, 0.1) is 12.1 Å². The zero-order chi connectivity index (χ0) is 13.4. The summed E-state index contributed by atoms with van der Waals surface area (Å²) in [5, 5.41) is 5.61. The van der Waals surface area contributed by atoms with Crippen LogP contribution in [0.2, 0.25) is 0 Å². The van der Waals surface area contributed by atoms with E-state index in [0.717, 1.165) is 10.5 Å². The lowest BCUT2D eigenvalue weighted by molar-refractivity contribution is 0.0943. The Morgan fingerprint density at radius 3 is 3.11 bits per heavy atom. The summed E-state index contributed by atoms with van der Waals surface area (Å²) in [7, 11) is 1.84. The van der Waals surface area contributed by atoms with Gasteiger partial charge in [-0.05, 0) is 15.9 Å². The van der Waals surface area contributed by atoms with Gasteiger partial charge in [-0.15, -0.1) is 11.3 Å². The van der Waals surface area contributed by atoms with Crippen molar-refractivity contribution in [2.75, 3.05) is 0 Å². The van der Waals surface area contributed by atoms with Crippen LogP contribution in [-0.2, 0) is 13.6 Å². The van der Waals surface area contributed by atoms with Crippen LogP contribution in [-0.4, -0.2) is 15.5 Å². The van der Waals surface area contributed by atoms with Crippen molar-refractivity contribution in [2.24, 2.45) is 7.05 Å². The molecule has 3 aromatic rings. The van der Waals surface area contributed by atoms with Gasteiger partial charge in [0.1, 0.15) is 10.7 Å². The van der Waals surface area contributed by atoms with Gasteiger partial charge in [0.25, 0.3) is 5.91 Å². The van der Waals surface area contributed by atoms with Gasteiger partial charge in [0.15, 0.2) is 10.3 Å². The lowest BCUT2D eigenvalue weighted by Gasteiger charge is -2.04. The van der Waals surface area contributed by atoms with Crippen molar-refractivity contribution in [3.8, 4) is 0 Å². The number of nitrogens with one attached hydrogen (secondary N) is 1. The molecule has 3 heterocycles. The van der Waals surface area contributed by atoms with Crippen LogP contribution < -0.4 is 5.32 Å². The number of aryl methyl sites for hydroxylation is 1. The van der Waals surface area contributed by atoms with Crippen LogP contribution in [0.1, 0.15) is 15.5 Å². The van der Waals surface area contributed by atoms with Crippen molar-refractivity contribution in [1.29, 1.82) is 0 Å². The summed E-state index contributed by atoms with van der Waals surface area (Å²) in [6.45, 7) is 0.437. The van der Waals surface area contributed by atoms with Crippen LogP contribution in [0.25, 0.3) is 11.1 Å². The Bertz CT molecular complexity index is 730. The molecule has 0 saturated carbocycles. The van der Waals surface area contributed by atoms with Gasteiger partial charge >= 0.3 is 0 Å². The van der Waals surface area contributed by atoms with E-state index in [1.807, 2.05) is 18.5 Å². The third kappa shape index (κ3) is 2.31. The first kappa shape index (κ1) is 12.4. The second kappa shape index (κ2) is 4.82. The summed E-state index contributed by atoms with van der Waals surface area (Å²) in [6.07, 6.45) is 1.72. The maximum Gasteiger partial charge on any atom is 0.268 e. The number of thiazole rings is 1. The minimum Gasteiger partial charge on any atom is -0.448 e. The number of fused-ring (bicyclic) bond motifs is 1.